The third kappa shape index (κ3) is 7.34. The van der Waals surface area contributed by atoms with Crippen molar-refractivity contribution in [3.63, 3.8) is 0 Å². The maximum Gasteiger partial charge on any atom is 0.0866 e. The second kappa shape index (κ2) is 4.63. The normalized spacial score (nSPS) is 14.1. The quantitative estimate of drug-likeness (QED) is 0.595. The largest absolute Gasteiger partial charge is 0.330 e. The Balaban J connectivity index is 4.32. The summed E-state index contributed by atoms with van der Waals surface area (Å²) in [7, 11) is 13.7. The smallest absolute Gasteiger partial charge is 0.0866 e. The zero-order valence-electron chi connectivity index (χ0n) is 11.5. The number of rotatable bonds is 5. The molecule has 0 rings (SSSR count). The van der Waals surface area contributed by atoms with Crippen LogP contribution in [0.1, 0.15) is 13.8 Å². The van der Waals surface area contributed by atoms with Crippen molar-refractivity contribution in [2.45, 2.75) is 13.8 Å². The fraction of sp³-hybridized carbons (Fsp3) is 1.00. The van der Waals surface area contributed by atoms with Crippen LogP contribution in [-0.2, 0) is 0 Å². The number of quaternary nitrogens is 2. The number of hydrogen-bond donors (Lipinski definition) is 0. The highest BCUT2D eigenvalue weighted by Crippen LogP contribution is 2.16. The molecule has 0 N–H and O–H groups in total. The second-order valence-corrected chi connectivity index (χ2v) is 6.95. The summed E-state index contributed by atoms with van der Waals surface area (Å²) in [6.07, 6.45) is 0. The van der Waals surface area contributed by atoms with Gasteiger partial charge in [-0.1, -0.05) is 13.8 Å². The molecular formula is C12H30N2+2. The molecule has 0 atom stereocenters. The van der Waals surface area contributed by atoms with Crippen molar-refractivity contribution in [3.8, 4) is 0 Å². The average molecular weight is 202 g/mol. The predicted octanol–water partition coefficient (Wildman–Crippen LogP) is 1.67. The van der Waals surface area contributed by atoms with Crippen LogP contribution in [0.3, 0.4) is 0 Å². The molecule has 0 aromatic rings. The van der Waals surface area contributed by atoms with Crippen molar-refractivity contribution in [1.82, 2.24) is 0 Å². The molecular weight excluding hydrogens is 172 g/mol. The van der Waals surface area contributed by atoms with Crippen LogP contribution in [0, 0.1) is 11.8 Å². The highest BCUT2D eigenvalue weighted by Gasteiger charge is 2.26. The van der Waals surface area contributed by atoms with Crippen molar-refractivity contribution in [2.75, 3.05) is 55.4 Å². The first-order valence-corrected chi connectivity index (χ1v) is 5.62. The molecule has 0 amide bonds. The molecule has 0 aliphatic rings. The van der Waals surface area contributed by atoms with E-state index < -0.39 is 0 Å². The van der Waals surface area contributed by atoms with Crippen molar-refractivity contribution in [1.29, 1.82) is 0 Å². The molecule has 0 fully saturated rings. The molecule has 0 aromatic carbocycles. The lowest BCUT2D eigenvalue weighted by molar-refractivity contribution is -0.897. The van der Waals surface area contributed by atoms with Gasteiger partial charge in [0.25, 0.3) is 0 Å². The Labute approximate surface area is 90.7 Å². The van der Waals surface area contributed by atoms with Crippen LogP contribution >= 0.6 is 0 Å². The van der Waals surface area contributed by atoms with E-state index in [1.807, 2.05) is 0 Å². The molecule has 0 aliphatic heterocycles. The molecule has 0 saturated carbocycles. The minimum Gasteiger partial charge on any atom is -0.330 e. The Bertz CT molecular complexity index is 144. The van der Waals surface area contributed by atoms with Gasteiger partial charge in [0.1, 0.15) is 0 Å². The van der Waals surface area contributed by atoms with Gasteiger partial charge in [-0.05, 0) is 5.92 Å². The minimum absolute atomic E-state index is 0.782. The maximum absolute atomic E-state index is 2.34. The third-order valence-electron chi connectivity index (χ3n) is 2.51. The Hall–Kier alpha value is -0.0800. The van der Waals surface area contributed by atoms with Gasteiger partial charge in [-0.2, -0.15) is 0 Å². The van der Waals surface area contributed by atoms with Crippen LogP contribution in [0.25, 0.3) is 0 Å². The van der Waals surface area contributed by atoms with Gasteiger partial charge in [-0.25, -0.2) is 0 Å². The van der Waals surface area contributed by atoms with E-state index >= 15 is 0 Å². The first-order chi connectivity index (χ1) is 6.01. The van der Waals surface area contributed by atoms with Crippen LogP contribution in [0.5, 0.6) is 0 Å². The van der Waals surface area contributed by atoms with Gasteiger partial charge in [0.05, 0.1) is 61.3 Å². The fourth-order valence-electron chi connectivity index (χ4n) is 1.89. The fourth-order valence-corrected chi connectivity index (χ4v) is 1.89. The van der Waals surface area contributed by atoms with E-state index in [-0.39, 0.29) is 0 Å². The van der Waals surface area contributed by atoms with Gasteiger partial charge in [0.2, 0.25) is 0 Å². The Morgan fingerprint density at radius 1 is 0.714 bits per heavy atom. The van der Waals surface area contributed by atoms with Gasteiger partial charge in [0.15, 0.2) is 0 Å². The summed E-state index contributed by atoms with van der Waals surface area (Å²) >= 11 is 0. The Morgan fingerprint density at radius 3 is 1.14 bits per heavy atom. The third-order valence-corrected chi connectivity index (χ3v) is 2.51. The zero-order chi connectivity index (χ0) is 11.6. The Kier molecular flexibility index (Phi) is 4.60. The van der Waals surface area contributed by atoms with E-state index in [1.165, 1.54) is 13.1 Å². The standard InChI is InChI=1S/C12H30N2/c1-11(2)12(9-13(3,4)5)10-14(6,7)8/h11-12H,9-10H2,1-8H3/q+2. The summed E-state index contributed by atoms with van der Waals surface area (Å²) in [5.74, 6) is 1.60. The second-order valence-electron chi connectivity index (χ2n) is 6.95. The topological polar surface area (TPSA) is 0 Å². The molecule has 0 spiro atoms. The van der Waals surface area contributed by atoms with Gasteiger partial charge >= 0.3 is 0 Å². The van der Waals surface area contributed by atoms with Gasteiger partial charge < -0.3 is 8.97 Å². The van der Waals surface area contributed by atoms with Gasteiger partial charge in [-0.15, -0.1) is 0 Å². The summed E-state index contributed by atoms with van der Waals surface area (Å²) in [4.78, 5) is 0. The van der Waals surface area contributed by atoms with E-state index in [9.17, 15) is 0 Å². The van der Waals surface area contributed by atoms with Gasteiger partial charge in [0, 0.05) is 0 Å². The molecule has 0 unspecified atom stereocenters. The van der Waals surface area contributed by atoms with Crippen molar-refractivity contribution >= 4 is 0 Å². The van der Waals surface area contributed by atoms with Crippen LogP contribution in [0.15, 0.2) is 0 Å². The highest BCUT2D eigenvalue weighted by atomic mass is 15.3. The molecule has 0 radical (unpaired) electrons. The Morgan fingerprint density at radius 2 is 1.00 bits per heavy atom. The molecule has 0 saturated heterocycles. The van der Waals surface area contributed by atoms with E-state index in [2.05, 4.69) is 56.1 Å². The molecule has 0 bridgehead atoms. The maximum atomic E-state index is 2.34. The molecule has 2 nitrogen and oxygen atoms in total. The van der Waals surface area contributed by atoms with E-state index in [1.54, 1.807) is 0 Å². The number of hydrogen-bond acceptors (Lipinski definition) is 0. The monoisotopic (exact) mass is 202 g/mol. The highest BCUT2D eigenvalue weighted by molar-refractivity contribution is 4.61. The van der Waals surface area contributed by atoms with Crippen LogP contribution in [-0.4, -0.2) is 64.3 Å². The molecule has 0 aliphatic carbocycles. The average Bonchev–Trinajstić information content (AvgIpc) is 1.78. The van der Waals surface area contributed by atoms with Crippen LogP contribution in [0.2, 0.25) is 0 Å². The zero-order valence-corrected chi connectivity index (χ0v) is 11.5. The summed E-state index contributed by atoms with van der Waals surface area (Å²) in [6.45, 7) is 7.23. The lowest BCUT2D eigenvalue weighted by Gasteiger charge is -2.35. The summed E-state index contributed by atoms with van der Waals surface area (Å²) < 4.78 is 2.14. The molecule has 14 heavy (non-hydrogen) atoms. The summed E-state index contributed by atoms with van der Waals surface area (Å²) in [5.41, 5.74) is 0. The summed E-state index contributed by atoms with van der Waals surface area (Å²) in [5, 5.41) is 0. The molecule has 0 aromatic heterocycles. The van der Waals surface area contributed by atoms with E-state index in [0.717, 1.165) is 20.8 Å². The molecule has 0 heterocycles. The van der Waals surface area contributed by atoms with Gasteiger partial charge in [-0.3, -0.25) is 0 Å². The van der Waals surface area contributed by atoms with Crippen LogP contribution < -0.4 is 0 Å². The summed E-state index contributed by atoms with van der Waals surface area (Å²) in [6, 6.07) is 0. The first kappa shape index (κ1) is 13.9. The first-order valence-electron chi connectivity index (χ1n) is 5.62. The minimum atomic E-state index is 0.782. The van der Waals surface area contributed by atoms with E-state index in [0.29, 0.717) is 0 Å². The predicted molar refractivity (Wildman–Crippen MR) is 64.1 cm³/mol. The molecule has 2 heteroatoms. The van der Waals surface area contributed by atoms with Crippen LogP contribution in [0.4, 0.5) is 0 Å². The van der Waals surface area contributed by atoms with E-state index in [4.69, 9.17) is 0 Å². The lowest BCUT2D eigenvalue weighted by Crippen LogP contribution is -2.48. The lowest BCUT2D eigenvalue weighted by atomic mass is 9.94. The van der Waals surface area contributed by atoms with Crippen molar-refractivity contribution in [3.05, 3.63) is 0 Å². The number of nitrogens with zero attached hydrogens (tertiary/aromatic N) is 2. The van der Waals surface area contributed by atoms with Crippen molar-refractivity contribution < 1.29 is 8.97 Å². The van der Waals surface area contributed by atoms with Crippen molar-refractivity contribution in [2.24, 2.45) is 11.8 Å². The molecule has 86 valence electrons. The SMILES string of the molecule is CC(C)C(C[N+](C)(C)C)C[N+](C)(C)C.